The third kappa shape index (κ3) is 4.67. The smallest absolute Gasteiger partial charge is 0.338 e. The van der Waals surface area contributed by atoms with E-state index in [-0.39, 0.29) is 23.2 Å². The molecule has 3 aromatic rings. The number of esters is 1. The van der Waals surface area contributed by atoms with E-state index in [1.807, 2.05) is 56.3 Å². The average molecular weight is 442 g/mol. The zero-order chi connectivity index (χ0) is 23.5. The first kappa shape index (κ1) is 22.0. The van der Waals surface area contributed by atoms with Crippen LogP contribution in [0.25, 0.3) is 0 Å². The third-order valence-corrected chi connectivity index (χ3v) is 5.51. The van der Waals surface area contributed by atoms with Crippen LogP contribution < -0.4 is 5.32 Å². The highest BCUT2D eigenvalue weighted by atomic mass is 16.5. The minimum absolute atomic E-state index is 0.0930. The van der Waals surface area contributed by atoms with Gasteiger partial charge < -0.3 is 10.1 Å². The van der Waals surface area contributed by atoms with Crippen LogP contribution in [0.3, 0.4) is 0 Å². The van der Waals surface area contributed by atoms with Crippen molar-refractivity contribution in [1.82, 2.24) is 4.90 Å². The number of ether oxygens (including phenoxy) is 1. The molecule has 0 bridgehead atoms. The maximum Gasteiger partial charge on any atom is 0.338 e. The molecule has 3 amide bonds. The van der Waals surface area contributed by atoms with Crippen molar-refractivity contribution >= 4 is 29.4 Å². The molecule has 0 saturated carbocycles. The van der Waals surface area contributed by atoms with Gasteiger partial charge in [-0.05, 0) is 60.9 Å². The van der Waals surface area contributed by atoms with Gasteiger partial charge in [-0.25, -0.2) is 4.79 Å². The number of anilines is 1. The van der Waals surface area contributed by atoms with Crippen LogP contribution in [0.15, 0.2) is 66.7 Å². The van der Waals surface area contributed by atoms with E-state index < -0.39 is 30.3 Å². The SMILES string of the molecule is Cc1ccc(NC(=O)COC(=O)c2ccc3c(c2)C(=O)N(Cc2ccccc2)C3=O)cc1C. The summed E-state index contributed by atoms with van der Waals surface area (Å²) in [4.78, 5) is 51.2. The van der Waals surface area contributed by atoms with Crippen LogP contribution in [0.1, 0.15) is 47.8 Å². The number of fused-ring (bicyclic) bond motifs is 1. The van der Waals surface area contributed by atoms with E-state index in [4.69, 9.17) is 4.74 Å². The molecule has 0 atom stereocenters. The molecule has 1 N–H and O–H groups in total. The van der Waals surface area contributed by atoms with Crippen LogP contribution in [0.2, 0.25) is 0 Å². The Kier molecular flexibility index (Phi) is 6.04. The van der Waals surface area contributed by atoms with Gasteiger partial charge in [-0.2, -0.15) is 0 Å². The molecule has 0 aromatic heterocycles. The van der Waals surface area contributed by atoms with Crippen LogP contribution in [-0.2, 0) is 16.1 Å². The lowest BCUT2D eigenvalue weighted by atomic mass is 10.1. The molecule has 0 saturated heterocycles. The van der Waals surface area contributed by atoms with Crippen molar-refractivity contribution < 1.29 is 23.9 Å². The molecule has 1 heterocycles. The fourth-order valence-corrected chi connectivity index (χ4v) is 3.56. The maximum absolute atomic E-state index is 12.8. The summed E-state index contributed by atoms with van der Waals surface area (Å²) in [5, 5.41) is 2.68. The summed E-state index contributed by atoms with van der Waals surface area (Å²) in [5.74, 6) is -2.12. The average Bonchev–Trinajstić information content (AvgIpc) is 3.05. The van der Waals surface area contributed by atoms with Crippen molar-refractivity contribution in [3.63, 3.8) is 0 Å². The molecule has 0 aliphatic carbocycles. The van der Waals surface area contributed by atoms with Gasteiger partial charge in [0, 0.05) is 5.69 Å². The van der Waals surface area contributed by atoms with Gasteiger partial charge >= 0.3 is 5.97 Å². The largest absolute Gasteiger partial charge is 0.452 e. The second-order valence-electron chi connectivity index (χ2n) is 7.87. The van der Waals surface area contributed by atoms with Gasteiger partial charge in [-0.1, -0.05) is 36.4 Å². The van der Waals surface area contributed by atoms with Crippen molar-refractivity contribution in [2.45, 2.75) is 20.4 Å². The number of hydrogen-bond acceptors (Lipinski definition) is 5. The molecule has 0 fully saturated rings. The highest BCUT2D eigenvalue weighted by molar-refractivity contribution is 6.21. The number of nitrogens with zero attached hydrogens (tertiary/aromatic N) is 1. The van der Waals surface area contributed by atoms with Crippen LogP contribution in [0, 0.1) is 13.8 Å². The van der Waals surface area contributed by atoms with Gasteiger partial charge in [0.05, 0.1) is 23.2 Å². The van der Waals surface area contributed by atoms with Gasteiger partial charge in [-0.15, -0.1) is 0 Å². The number of hydrogen-bond donors (Lipinski definition) is 1. The van der Waals surface area contributed by atoms with E-state index in [2.05, 4.69) is 5.32 Å². The maximum atomic E-state index is 12.8. The summed E-state index contributed by atoms with van der Waals surface area (Å²) in [6, 6.07) is 18.9. The summed E-state index contributed by atoms with van der Waals surface area (Å²) < 4.78 is 5.10. The molecule has 0 unspecified atom stereocenters. The first-order valence-corrected chi connectivity index (χ1v) is 10.4. The Bertz CT molecular complexity index is 1270. The Morgan fingerprint density at radius 1 is 0.848 bits per heavy atom. The van der Waals surface area contributed by atoms with Crippen molar-refractivity contribution in [1.29, 1.82) is 0 Å². The van der Waals surface area contributed by atoms with E-state index in [1.165, 1.54) is 18.2 Å². The van der Waals surface area contributed by atoms with Crippen LogP contribution >= 0.6 is 0 Å². The van der Waals surface area contributed by atoms with Crippen LogP contribution in [-0.4, -0.2) is 35.2 Å². The quantitative estimate of drug-likeness (QED) is 0.462. The molecule has 0 radical (unpaired) electrons. The third-order valence-electron chi connectivity index (χ3n) is 5.51. The number of carbonyl (C=O) groups excluding carboxylic acids is 4. The monoisotopic (exact) mass is 442 g/mol. The van der Waals surface area contributed by atoms with E-state index >= 15 is 0 Å². The number of rotatable bonds is 6. The topological polar surface area (TPSA) is 92.8 Å². The molecule has 166 valence electrons. The molecule has 3 aromatic carbocycles. The molecular formula is C26H22N2O5. The second kappa shape index (κ2) is 9.08. The minimum atomic E-state index is -0.755. The van der Waals surface area contributed by atoms with Crippen molar-refractivity contribution in [2.75, 3.05) is 11.9 Å². The van der Waals surface area contributed by atoms with Gasteiger partial charge in [0.15, 0.2) is 6.61 Å². The van der Waals surface area contributed by atoms with Crippen LogP contribution in [0.5, 0.6) is 0 Å². The molecule has 0 spiro atoms. The predicted molar refractivity (Wildman–Crippen MR) is 122 cm³/mol. The van der Waals surface area contributed by atoms with Gasteiger partial charge in [0.1, 0.15) is 0 Å². The number of nitrogens with one attached hydrogen (secondary N) is 1. The summed E-state index contributed by atoms with van der Waals surface area (Å²) in [7, 11) is 0. The zero-order valence-electron chi connectivity index (χ0n) is 18.3. The highest BCUT2D eigenvalue weighted by Gasteiger charge is 2.36. The lowest BCUT2D eigenvalue weighted by molar-refractivity contribution is -0.119. The Morgan fingerprint density at radius 2 is 1.58 bits per heavy atom. The van der Waals surface area contributed by atoms with E-state index in [9.17, 15) is 19.2 Å². The number of benzene rings is 3. The first-order valence-electron chi connectivity index (χ1n) is 10.4. The second-order valence-corrected chi connectivity index (χ2v) is 7.87. The lowest BCUT2D eigenvalue weighted by Crippen LogP contribution is -2.29. The molecule has 33 heavy (non-hydrogen) atoms. The molecule has 7 nitrogen and oxygen atoms in total. The van der Waals surface area contributed by atoms with E-state index in [1.54, 1.807) is 6.07 Å². The van der Waals surface area contributed by atoms with Crippen molar-refractivity contribution in [2.24, 2.45) is 0 Å². The fourth-order valence-electron chi connectivity index (χ4n) is 3.56. The fraction of sp³-hybridized carbons (Fsp3) is 0.154. The molecule has 1 aliphatic heterocycles. The van der Waals surface area contributed by atoms with Gasteiger partial charge in [0.25, 0.3) is 17.7 Å². The number of carbonyl (C=O) groups is 4. The Labute approximate surface area is 191 Å². The molecule has 1 aliphatic rings. The molecule has 4 rings (SSSR count). The Hall–Kier alpha value is -4.26. The standard InChI is InChI=1S/C26H22N2O5/c1-16-8-10-20(12-17(16)2)27-23(29)15-33-26(32)19-9-11-21-22(13-19)25(31)28(24(21)30)14-18-6-4-3-5-7-18/h3-13H,14-15H2,1-2H3,(H,27,29). The summed E-state index contributed by atoms with van der Waals surface area (Å²) in [6.07, 6.45) is 0. The normalized spacial score (nSPS) is 12.5. The van der Waals surface area contributed by atoms with Gasteiger partial charge in [0.2, 0.25) is 0 Å². The van der Waals surface area contributed by atoms with Crippen LogP contribution in [0.4, 0.5) is 5.69 Å². The highest BCUT2D eigenvalue weighted by Crippen LogP contribution is 2.26. The van der Waals surface area contributed by atoms with Crippen molar-refractivity contribution in [3.8, 4) is 0 Å². The Morgan fingerprint density at radius 3 is 2.30 bits per heavy atom. The lowest BCUT2D eigenvalue weighted by Gasteiger charge is -2.13. The number of amides is 3. The Balaban J connectivity index is 1.40. The summed E-state index contributed by atoms with van der Waals surface area (Å²) in [6.45, 7) is 3.58. The minimum Gasteiger partial charge on any atom is -0.452 e. The van der Waals surface area contributed by atoms with Crippen molar-refractivity contribution in [3.05, 3.63) is 100 Å². The number of aryl methyl sites for hydroxylation is 2. The van der Waals surface area contributed by atoms with E-state index in [0.717, 1.165) is 21.6 Å². The molecule has 7 heteroatoms. The summed E-state index contributed by atoms with van der Waals surface area (Å²) in [5.41, 5.74) is 4.04. The summed E-state index contributed by atoms with van der Waals surface area (Å²) >= 11 is 0. The van der Waals surface area contributed by atoms with E-state index in [0.29, 0.717) is 5.69 Å². The van der Waals surface area contributed by atoms with Gasteiger partial charge in [-0.3, -0.25) is 19.3 Å². The zero-order valence-corrected chi connectivity index (χ0v) is 18.3. The number of imide groups is 1. The predicted octanol–water partition coefficient (Wildman–Crippen LogP) is 3.90. The first-order chi connectivity index (χ1) is 15.8. The molecular weight excluding hydrogens is 420 g/mol.